The van der Waals surface area contributed by atoms with Gasteiger partial charge in [-0.3, -0.25) is 14.2 Å². The predicted molar refractivity (Wildman–Crippen MR) is 93.1 cm³/mol. The summed E-state index contributed by atoms with van der Waals surface area (Å²) in [6.45, 7) is 7.11. The Labute approximate surface area is 147 Å². The third-order valence-corrected chi connectivity index (χ3v) is 4.84. The summed E-state index contributed by atoms with van der Waals surface area (Å²) >= 11 is 3.50. The number of carbonyl (C=O) groups excluding carboxylic acids is 1. The number of carbonyl (C=O) groups is 1. The van der Waals surface area contributed by atoms with Crippen molar-refractivity contribution in [3.63, 3.8) is 0 Å². The van der Waals surface area contributed by atoms with Crippen LogP contribution in [0.25, 0.3) is 0 Å². The van der Waals surface area contributed by atoms with Gasteiger partial charge < -0.3 is 9.73 Å². The van der Waals surface area contributed by atoms with Crippen molar-refractivity contribution in [3.05, 3.63) is 51.8 Å². The van der Waals surface area contributed by atoms with Crippen LogP contribution in [0.15, 0.2) is 33.3 Å². The molecular formula is C16H18BrN5O2. The maximum Gasteiger partial charge on any atom is 0.292 e. The largest absolute Gasteiger partial charge is 0.454 e. The fourth-order valence-electron chi connectivity index (χ4n) is 2.34. The minimum atomic E-state index is -0.322. The summed E-state index contributed by atoms with van der Waals surface area (Å²) in [6, 6.07) is 5.19. The van der Waals surface area contributed by atoms with Gasteiger partial charge in [-0.2, -0.15) is 10.2 Å². The molecule has 24 heavy (non-hydrogen) atoms. The zero-order chi connectivity index (χ0) is 17.3. The average molecular weight is 392 g/mol. The highest BCUT2D eigenvalue weighted by atomic mass is 79.9. The van der Waals surface area contributed by atoms with Gasteiger partial charge in [-0.05, 0) is 48.8 Å². The third kappa shape index (κ3) is 3.28. The topological polar surface area (TPSA) is 77.9 Å². The summed E-state index contributed by atoms with van der Waals surface area (Å²) in [5, 5.41) is 11.4. The van der Waals surface area contributed by atoms with Gasteiger partial charge in [0.1, 0.15) is 5.76 Å². The number of nitrogens with zero attached hydrogens (tertiary/aromatic N) is 4. The summed E-state index contributed by atoms with van der Waals surface area (Å²) in [5.74, 6) is 1.09. The van der Waals surface area contributed by atoms with Crippen molar-refractivity contribution in [2.24, 2.45) is 0 Å². The van der Waals surface area contributed by atoms with E-state index in [1.165, 1.54) is 0 Å². The second-order valence-electron chi connectivity index (χ2n) is 5.42. The fourth-order valence-corrected chi connectivity index (χ4v) is 2.63. The molecule has 0 bridgehead atoms. The molecule has 3 rings (SSSR count). The number of hydrogen-bond acceptors (Lipinski definition) is 4. The summed E-state index contributed by atoms with van der Waals surface area (Å²) in [6.07, 6.45) is 1.81. The van der Waals surface area contributed by atoms with Gasteiger partial charge in [0.15, 0.2) is 11.6 Å². The Morgan fingerprint density at radius 2 is 2.08 bits per heavy atom. The van der Waals surface area contributed by atoms with Crippen molar-refractivity contribution in [1.29, 1.82) is 0 Å². The fraction of sp³-hybridized carbons (Fsp3) is 0.312. The highest BCUT2D eigenvalue weighted by Gasteiger charge is 2.15. The molecule has 0 aromatic carbocycles. The van der Waals surface area contributed by atoms with Crippen molar-refractivity contribution in [1.82, 2.24) is 19.6 Å². The minimum Gasteiger partial charge on any atom is -0.454 e. The number of nitrogens with one attached hydrogen (secondary N) is 1. The van der Waals surface area contributed by atoms with Crippen LogP contribution in [-0.4, -0.2) is 25.5 Å². The van der Waals surface area contributed by atoms with Crippen LogP contribution in [0, 0.1) is 13.8 Å². The molecule has 0 fully saturated rings. The molecular weight excluding hydrogens is 374 g/mol. The van der Waals surface area contributed by atoms with Crippen molar-refractivity contribution >= 4 is 27.7 Å². The number of aromatic nitrogens is 4. The maximum absolute atomic E-state index is 12.2. The standard InChI is InChI=1S/C16H18BrN5O2/c1-4-21-8-7-14(20-21)18-16(23)13-6-5-12(24-13)9-22-11(3)15(17)10(2)19-22/h5-8H,4,9H2,1-3H3,(H,18,20,23). The Morgan fingerprint density at radius 1 is 1.29 bits per heavy atom. The highest BCUT2D eigenvalue weighted by molar-refractivity contribution is 9.10. The van der Waals surface area contributed by atoms with E-state index in [1.807, 2.05) is 31.6 Å². The van der Waals surface area contributed by atoms with Crippen LogP contribution in [0.3, 0.4) is 0 Å². The smallest absolute Gasteiger partial charge is 0.292 e. The quantitative estimate of drug-likeness (QED) is 0.722. The first-order valence-corrected chi connectivity index (χ1v) is 8.40. The number of hydrogen-bond donors (Lipinski definition) is 1. The van der Waals surface area contributed by atoms with Crippen LogP contribution in [-0.2, 0) is 13.1 Å². The molecule has 0 aliphatic carbocycles. The van der Waals surface area contributed by atoms with E-state index < -0.39 is 0 Å². The van der Waals surface area contributed by atoms with Crippen LogP contribution in [0.1, 0.15) is 34.6 Å². The molecule has 1 N–H and O–H groups in total. The van der Waals surface area contributed by atoms with Crippen LogP contribution in [0.5, 0.6) is 0 Å². The van der Waals surface area contributed by atoms with Crippen LogP contribution < -0.4 is 5.32 Å². The number of halogens is 1. The van der Waals surface area contributed by atoms with Crippen LogP contribution in [0.4, 0.5) is 5.82 Å². The highest BCUT2D eigenvalue weighted by Crippen LogP contribution is 2.21. The lowest BCUT2D eigenvalue weighted by atomic mass is 10.4. The average Bonchev–Trinajstić information content (AvgIpc) is 3.26. The van der Waals surface area contributed by atoms with Gasteiger partial charge in [-0.25, -0.2) is 0 Å². The normalized spacial score (nSPS) is 11.0. The Hall–Kier alpha value is -2.35. The number of rotatable bonds is 5. The Bertz CT molecular complexity index is 877. The van der Waals surface area contributed by atoms with E-state index in [0.717, 1.165) is 22.4 Å². The lowest BCUT2D eigenvalue weighted by Gasteiger charge is -2.02. The molecule has 0 unspecified atom stereocenters. The van der Waals surface area contributed by atoms with E-state index in [-0.39, 0.29) is 11.7 Å². The number of aryl methyl sites for hydroxylation is 2. The van der Waals surface area contributed by atoms with Crippen molar-refractivity contribution in [2.45, 2.75) is 33.9 Å². The molecule has 126 valence electrons. The second-order valence-corrected chi connectivity index (χ2v) is 6.21. The molecule has 0 saturated heterocycles. The second kappa shape index (κ2) is 6.64. The molecule has 3 aromatic heterocycles. The summed E-state index contributed by atoms with van der Waals surface area (Å²) < 4.78 is 10.2. The van der Waals surface area contributed by atoms with Gasteiger partial charge >= 0.3 is 0 Å². The molecule has 0 radical (unpaired) electrons. The van der Waals surface area contributed by atoms with E-state index in [9.17, 15) is 4.79 Å². The number of anilines is 1. The van der Waals surface area contributed by atoms with Crippen LogP contribution >= 0.6 is 15.9 Å². The van der Waals surface area contributed by atoms with E-state index >= 15 is 0 Å². The van der Waals surface area contributed by atoms with E-state index in [4.69, 9.17) is 4.42 Å². The first-order chi connectivity index (χ1) is 11.5. The molecule has 3 aromatic rings. The number of furan rings is 1. The van der Waals surface area contributed by atoms with Gasteiger partial charge in [0, 0.05) is 18.8 Å². The Kier molecular flexibility index (Phi) is 4.57. The molecule has 0 atom stereocenters. The maximum atomic E-state index is 12.2. The molecule has 8 heteroatoms. The first kappa shape index (κ1) is 16.5. The summed E-state index contributed by atoms with van der Waals surface area (Å²) in [7, 11) is 0. The Morgan fingerprint density at radius 3 is 2.71 bits per heavy atom. The van der Waals surface area contributed by atoms with Gasteiger partial charge in [-0.1, -0.05) is 0 Å². The van der Waals surface area contributed by atoms with Gasteiger partial charge in [0.25, 0.3) is 5.91 Å². The third-order valence-electron chi connectivity index (χ3n) is 3.69. The lowest BCUT2D eigenvalue weighted by Crippen LogP contribution is -2.12. The van der Waals surface area contributed by atoms with E-state index in [1.54, 1.807) is 22.9 Å². The number of amides is 1. The molecule has 0 saturated carbocycles. The molecule has 7 nitrogen and oxygen atoms in total. The van der Waals surface area contributed by atoms with Gasteiger partial charge in [0.05, 0.1) is 22.4 Å². The molecule has 0 spiro atoms. The monoisotopic (exact) mass is 391 g/mol. The van der Waals surface area contributed by atoms with Crippen LogP contribution in [0.2, 0.25) is 0 Å². The molecule has 0 aliphatic heterocycles. The minimum absolute atomic E-state index is 0.247. The zero-order valence-electron chi connectivity index (χ0n) is 13.7. The zero-order valence-corrected chi connectivity index (χ0v) is 15.3. The van der Waals surface area contributed by atoms with Gasteiger partial charge in [-0.15, -0.1) is 0 Å². The summed E-state index contributed by atoms with van der Waals surface area (Å²) in [5.41, 5.74) is 1.93. The van der Waals surface area contributed by atoms with E-state index in [2.05, 4.69) is 31.4 Å². The molecule has 0 aliphatic rings. The van der Waals surface area contributed by atoms with Gasteiger partial charge in [0.2, 0.25) is 0 Å². The van der Waals surface area contributed by atoms with Crippen molar-refractivity contribution in [3.8, 4) is 0 Å². The first-order valence-electron chi connectivity index (χ1n) is 7.61. The van der Waals surface area contributed by atoms with Crippen molar-refractivity contribution < 1.29 is 9.21 Å². The Balaban J connectivity index is 1.70. The van der Waals surface area contributed by atoms with Crippen molar-refractivity contribution in [2.75, 3.05) is 5.32 Å². The molecule has 3 heterocycles. The van der Waals surface area contributed by atoms with E-state index in [0.29, 0.717) is 18.1 Å². The summed E-state index contributed by atoms with van der Waals surface area (Å²) in [4.78, 5) is 12.2. The molecule has 1 amide bonds. The SMILES string of the molecule is CCn1ccc(NC(=O)c2ccc(Cn3nc(C)c(Br)c3C)o2)n1. The predicted octanol–water partition coefficient (Wildman–Crippen LogP) is 3.37. The lowest BCUT2D eigenvalue weighted by molar-refractivity contribution is 0.0994.